The van der Waals surface area contributed by atoms with E-state index in [9.17, 15) is 10.2 Å². The van der Waals surface area contributed by atoms with Gasteiger partial charge in [-0.2, -0.15) is 0 Å². The van der Waals surface area contributed by atoms with E-state index >= 15 is 0 Å². The van der Waals surface area contributed by atoms with Crippen LogP contribution >= 0.6 is 15.9 Å². The fraction of sp³-hybridized carbons (Fsp3) is 0.500. The van der Waals surface area contributed by atoms with Gasteiger partial charge in [-0.3, -0.25) is 0 Å². The van der Waals surface area contributed by atoms with Crippen molar-refractivity contribution in [1.82, 2.24) is 0 Å². The van der Waals surface area contributed by atoms with Crippen molar-refractivity contribution in [2.45, 2.75) is 19.4 Å². The molecule has 0 aromatic carbocycles. The van der Waals surface area contributed by atoms with Crippen LogP contribution in [0.4, 0.5) is 0 Å². The van der Waals surface area contributed by atoms with E-state index in [1.807, 2.05) is 0 Å². The van der Waals surface area contributed by atoms with Crippen molar-refractivity contribution in [3.8, 4) is 0 Å². The van der Waals surface area contributed by atoms with Crippen LogP contribution in [0.2, 0.25) is 0 Å². The maximum Gasteiger partial charge on any atom is 0.171 e. The van der Waals surface area contributed by atoms with E-state index < -0.39 is 23.4 Å². The average Bonchev–Trinajstić information content (AvgIpc) is 2.14. The summed E-state index contributed by atoms with van der Waals surface area (Å²) in [5.41, 5.74) is 0. The van der Waals surface area contributed by atoms with Crippen LogP contribution in [-0.2, 0) is 0 Å². The van der Waals surface area contributed by atoms with Crippen molar-refractivity contribution in [1.29, 1.82) is 0 Å². The Bertz CT molecular complexity index is 256. The molecule has 6 heteroatoms. The van der Waals surface area contributed by atoms with Gasteiger partial charge in [-0.05, 0) is 22.9 Å². The first-order chi connectivity index (χ1) is 6.41. The molecule has 0 aliphatic carbocycles. The fourth-order valence-electron chi connectivity index (χ4n) is 0.656. The van der Waals surface area contributed by atoms with Crippen molar-refractivity contribution in [3.05, 3.63) is 21.8 Å². The number of aliphatic hydroxyl groups excluding tert-OH is 5. The average molecular weight is 269 g/mol. The largest absolute Gasteiger partial charge is 0.508 e. The third-order valence-corrected chi connectivity index (χ3v) is 2.23. The van der Waals surface area contributed by atoms with Gasteiger partial charge in [-0.1, -0.05) is 0 Å². The molecule has 0 aromatic heterocycles. The minimum absolute atomic E-state index is 0.131. The Morgan fingerprint density at radius 3 is 2.14 bits per heavy atom. The number of aliphatic hydroxyl groups is 5. The van der Waals surface area contributed by atoms with Crippen LogP contribution in [0, 0.1) is 0 Å². The van der Waals surface area contributed by atoms with E-state index in [1.165, 1.54) is 6.92 Å². The van der Waals surface area contributed by atoms with Gasteiger partial charge in [0, 0.05) is 6.42 Å². The summed E-state index contributed by atoms with van der Waals surface area (Å²) >= 11 is 2.80. The number of hydrogen-bond acceptors (Lipinski definition) is 5. The summed E-state index contributed by atoms with van der Waals surface area (Å²) < 4.78 is -0.196. The van der Waals surface area contributed by atoms with Crippen LogP contribution in [0.15, 0.2) is 21.8 Å². The Kier molecular flexibility index (Phi) is 5.59. The van der Waals surface area contributed by atoms with Crippen LogP contribution in [0.5, 0.6) is 0 Å². The number of allylic oxidation sites excluding steroid dienone is 1. The lowest BCUT2D eigenvalue weighted by molar-refractivity contribution is 0.167. The molecular formula is C8H13BrO5. The van der Waals surface area contributed by atoms with E-state index in [-0.39, 0.29) is 17.5 Å². The molecule has 1 unspecified atom stereocenters. The molecule has 0 heterocycles. The molecule has 1 atom stereocenters. The summed E-state index contributed by atoms with van der Waals surface area (Å²) in [5.74, 6) is -1.56. The van der Waals surface area contributed by atoms with Gasteiger partial charge in [0.15, 0.2) is 5.76 Å². The molecule has 0 radical (unpaired) electrons. The van der Waals surface area contributed by atoms with Gasteiger partial charge in [0.25, 0.3) is 0 Å². The third kappa shape index (κ3) is 3.57. The lowest BCUT2D eigenvalue weighted by Crippen LogP contribution is -2.07. The summed E-state index contributed by atoms with van der Waals surface area (Å²) in [6.45, 7) is 0.971. The molecule has 5 nitrogen and oxygen atoms in total. The van der Waals surface area contributed by atoms with Gasteiger partial charge >= 0.3 is 0 Å². The summed E-state index contributed by atoms with van der Waals surface area (Å²) in [5, 5.41) is 45.0. The molecule has 0 spiro atoms. The van der Waals surface area contributed by atoms with Gasteiger partial charge in [-0.15, -0.1) is 0 Å². The minimum atomic E-state index is -1.16. The highest BCUT2D eigenvalue weighted by atomic mass is 79.9. The van der Waals surface area contributed by atoms with Crippen molar-refractivity contribution >= 4 is 15.9 Å². The van der Waals surface area contributed by atoms with Gasteiger partial charge in [-0.25, -0.2) is 0 Å². The van der Waals surface area contributed by atoms with E-state index in [0.29, 0.717) is 0 Å². The van der Waals surface area contributed by atoms with Gasteiger partial charge in [0.1, 0.15) is 22.1 Å². The first-order valence-corrected chi connectivity index (χ1v) is 4.70. The monoisotopic (exact) mass is 268 g/mol. The lowest BCUT2D eigenvalue weighted by Gasteiger charge is -2.08. The predicted octanol–water partition coefficient (Wildman–Crippen LogP) is 1.24. The van der Waals surface area contributed by atoms with Crippen molar-refractivity contribution in [2.24, 2.45) is 0 Å². The predicted molar refractivity (Wildman–Crippen MR) is 54.2 cm³/mol. The van der Waals surface area contributed by atoms with Gasteiger partial charge in [0.2, 0.25) is 0 Å². The summed E-state index contributed by atoms with van der Waals surface area (Å²) in [7, 11) is 0. The summed E-state index contributed by atoms with van der Waals surface area (Å²) in [6.07, 6.45) is -1.29. The van der Waals surface area contributed by atoms with Gasteiger partial charge in [0.05, 0.1) is 6.61 Å². The van der Waals surface area contributed by atoms with Crippen LogP contribution in [-0.4, -0.2) is 38.2 Å². The molecule has 0 rings (SSSR count). The topological polar surface area (TPSA) is 101 Å². The maximum absolute atomic E-state index is 9.28. The smallest absolute Gasteiger partial charge is 0.171 e. The minimum Gasteiger partial charge on any atom is -0.508 e. The highest BCUT2D eigenvalue weighted by molar-refractivity contribution is 9.12. The lowest BCUT2D eigenvalue weighted by atomic mass is 10.2. The van der Waals surface area contributed by atoms with Crippen LogP contribution in [0.3, 0.4) is 0 Å². The molecule has 5 N–H and O–H groups in total. The highest BCUT2D eigenvalue weighted by Crippen LogP contribution is 2.23. The van der Waals surface area contributed by atoms with Gasteiger partial charge < -0.3 is 25.5 Å². The zero-order valence-corrected chi connectivity index (χ0v) is 9.19. The Morgan fingerprint density at radius 1 is 1.29 bits per heavy atom. The van der Waals surface area contributed by atoms with E-state index in [2.05, 4.69) is 15.9 Å². The Balaban J connectivity index is 4.93. The molecule has 14 heavy (non-hydrogen) atoms. The van der Waals surface area contributed by atoms with Crippen LogP contribution < -0.4 is 0 Å². The van der Waals surface area contributed by atoms with Crippen molar-refractivity contribution in [2.75, 3.05) is 6.61 Å². The molecule has 0 fully saturated rings. The third-order valence-electron chi connectivity index (χ3n) is 1.45. The van der Waals surface area contributed by atoms with Crippen LogP contribution in [0.25, 0.3) is 0 Å². The van der Waals surface area contributed by atoms with Crippen molar-refractivity contribution in [3.63, 3.8) is 0 Å². The fourth-order valence-corrected chi connectivity index (χ4v) is 1.22. The number of rotatable bonds is 4. The zero-order chi connectivity index (χ0) is 11.3. The Labute approximate surface area is 89.8 Å². The highest BCUT2D eigenvalue weighted by Gasteiger charge is 2.15. The first kappa shape index (κ1) is 13.3. The second-order valence-corrected chi connectivity index (χ2v) is 3.44. The van der Waals surface area contributed by atoms with E-state index in [0.717, 1.165) is 0 Å². The summed E-state index contributed by atoms with van der Waals surface area (Å²) in [4.78, 5) is 0. The molecule has 0 aliphatic heterocycles. The molecular weight excluding hydrogens is 256 g/mol. The van der Waals surface area contributed by atoms with E-state index in [1.54, 1.807) is 0 Å². The molecule has 0 saturated heterocycles. The number of hydrogen-bond donors (Lipinski definition) is 5. The Hall–Kier alpha value is -0.720. The molecule has 0 saturated carbocycles. The van der Waals surface area contributed by atoms with Crippen molar-refractivity contribution < 1.29 is 25.5 Å². The normalized spacial score (nSPS) is 17.1. The molecule has 0 bridgehead atoms. The maximum atomic E-state index is 9.28. The second-order valence-electron chi connectivity index (χ2n) is 2.64. The van der Waals surface area contributed by atoms with E-state index in [4.69, 9.17) is 15.3 Å². The molecule has 0 aromatic rings. The second kappa shape index (κ2) is 5.90. The standard InChI is InChI=1S/C8H13BrO5/c1-4(11)7(13)6(9)8(14)5(12)2-3-10/h4,10-14H,2-3H2,1H3/b7-6-,8-5-. The van der Waals surface area contributed by atoms with Crippen LogP contribution in [0.1, 0.15) is 13.3 Å². The molecule has 0 aliphatic rings. The molecule has 82 valence electrons. The zero-order valence-electron chi connectivity index (χ0n) is 7.61. The SMILES string of the molecule is CC(O)/C(O)=C(Br)\C(O)=C(\O)CCO. The first-order valence-electron chi connectivity index (χ1n) is 3.90. The number of halogens is 1. The quantitative estimate of drug-likeness (QED) is 0.390. The Morgan fingerprint density at radius 2 is 1.79 bits per heavy atom. The molecule has 0 amide bonds. The summed E-state index contributed by atoms with van der Waals surface area (Å²) in [6, 6.07) is 0.